The minimum atomic E-state index is -0.218. The van der Waals surface area contributed by atoms with Gasteiger partial charge in [-0.1, -0.05) is 12.8 Å². The number of hydrogen-bond donors (Lipinski definition) is 1. The molecule has 7 nitrogen and oxygen atoms in total. The average molecular weight is 399 g/mol. The van der Waals surface area contributed by atoms with Gasteiger partial charge in [-0.3, -0.25) is 14.4 Å². The van der Waals surface area contributed by atoms with E-state index >= 15 is 0 Å². The molecule has 0 bridgehead atoms. The molecule has 0 radical (unpaired) electrons. The van der Waals surface area contributed by atoms with Crippen LogP contribution in [0, 0.1) is 18.8 Å². The Morgan fingerprint density at radius 1 is 1.10 bits per heavy atom. The molecule has 29 heavy (non-hydrogen) atoms. The number of piperidine rings is 1. The first-order valence-corrected chi connectivity index (χ1v) is 10.8. The van der Waals surface area contributed by atoms with Crippen molar-refractivity contribution in [3.05, 3.63) is 23.9 Å². The third-order valence-electron chi connectivity index (χ3n) is 6.62. The van der Waals surface area contributed by atoms with Crippen LogP contribution in [0.5, 0.6) is 0 Å². The number of carbonyl (C=O) groups excluding carboxylic acids is 3. The van der Waals surface area contributed by atoms with Gasteiger partial charge in [-0.2, -0.15) is 0 Å². The molecule has 1 aromatic rings. The zero-order valence-corrected chi connectivity index (χ0v) is 17.1. The minimum Gasteiger partial charge on any atom is -0.342 e. The molecule has 2 aliphatic heterocycles. The lowest BCUT2D eigenvalue weighted by Gasteiger charge is -2.33. The van der Waals surface area contributed by atoms with Crippen LogP contribution in [0.25, 0.3) is 0 Å². The summed E-state index contributed by atoms with van der Waals surface area (Å²) in [5, 5.41) is 2.89. The molecule has 4 rings (SSSR count). The average Bonchev–Trinajstić information content (AvgIpc) is 3.37. The molecule has 1 saturated carbocycles. The van der Waals surface area contributed by atoms with Gasteiger partial charge in [0.25, 0.3) is 0 Å². The van der Waals surface area contributed by atoms with Crippen molar-refractivity contribution in [2.24, 2.45) is 11.8 Å². The molecule has 156 valence electrons. The number of pyridine rings is 1. The second-order valence-electron chi connectivity index (χ2n) is 8.69. The third-order valence-corrected chi connectivity index (χ3v) is 6.62. The van der Waals surface area contributed by atoms with Crippen molar-refractivity contribution in [3.8, 4) is 0 Å². The lowest BCUT2D eigenvalue weighted by atomic mass is 9.94. The van der Waals surface area contributed by atoms with Crippen molar-refractivity contribution >= 4 is 23.5 Å². The van der Waals surface area contributed by atoms with Gasteiger partial charge in [0.05, 0.1) is 5.92 Å². The Hall–Kier alpha value is -2.44. The molecule has 3 amide bonds. The number of likely N-dealkylation sites (tertiary alicyclic amines) is 2. The molecular weight excluding hydrogens is 368 g/mol. The van der Waals surface area contributed by atoms with E-state index in [9.17, 15) is 14.4 Å². The van der Waals surface area contributed by atoms with E-state index in [2.05, 4.69) is 10.3 Å². The van der Waals surface area contributed by atoms with Gasteiger partial charge >= 0.3 is 0 Å². The highest BCUT2D eigenvalue weighted by Gasteiger charge is 2.41. The Labute approximate surface area is 171 Å². The predicted octanol–water partition coefficient (Wildman–Crippen LogP) is 2.36. The molecule has 3 heterocycles. The smallest absolute Gasteiger partial charge is 0.228 e. The van der Waals surface area contributed by atoms with E-state index in [-0.39, 0.29) is 29.6 Å². The Bertz CT molecular complexity index is 782. The predicted molar refractivity (Wildman–Crippen MR) is 109 cm³/mol. The quantitative estimate of drug-likeness (QED) is 0.844. The number of nitrogens with zero attached hydrogens (tertiary/aromatic N) is 3. The Morgan fingerprint density at radius 3 is 2.52 bits per heavy atom. The lowest BCUT2D eigenvalue weighted by molar-refractivity contribution is -0.138. The molecule has 1 unspecified atom stereocenters. The number of amides is 3. The van der Waals surface area contributed by atoms with Gasteiger partial charge in [0.15, 0.2) is 0 Å². The summed E-state index contributed by atoms with van der Waals surface area (Å²) in [6.07, 6.45) is 7.83. The molecule has 3 fully saturated rings. The number of hydrogen-bond acceptors (Lipinski definition) is 4. The van der Waals surface area contributed by atoms with Crippen LogP contribution in [0.3, 0.4) is 0 Å². The summed E-state index contributed by atoms with van der Waals surface area (Å²) in [6, 6.07) is 4.08. The van der Waals surface area contributed by atoms with Crippen LogP contribution in [-0.2, 0) is 14.4 Å². The SMILES string of the molecule is Cc1ccnc(NC(=O)C2CCN(C(=O)C3CC(=O)N(C4CCCC4)C3)CC2)c1. The maximum absolute atomic E-state index is 12.9. The summed E-state index contributed by atoms with van der Waals surface area (Å²) in [7, 11) is 0. The Kier molecular flexibility index (Phi) is 5.83. The van der Waals surface area contributed by atoms with Crippen molar-refractivity contribution in [1.82, 2.24) is 14.8 Å². The van der Waals surface area contributed by atoms with E-state index < -0.39 is 0 Å². The number of anilines is 1. The lowest BCUT2D eigenvalue weighted by Crippen LogP contribution is -2.44. The zero-order chi connectivity index (χ0) is 20.4. The standard InChI is InChI=1S/C22H30N4O3/c1-15-6-9-23-19(12-15)24-21(28)16-7-10-25(11-8-16)22(29)17-13-20(27)26(14-17)18-4-2-3-5-18/h6,9,12,16-18H,2-5,7-8,10-11,13-14H2,1H3,(H,23,24,28). The van der Waals surface area contributed by atoms with E-state index in [0.29, 0.717) is 50.8 Å². The van der Waals surface area contributed by atoms with Crippen molar-refractivity contribution in [3.63, 3.8) is 0 Å². The number of nitrogens with one attached hydrogen (secondary N) is 1. The van der Waals surface area contributed by atoms with Gasteiger partial charge in [0.2, 0.25) is 17.7 Å². The largest absolute Gasteiger partial charge is 0.342 e. The summed E-state index contributed by atoms with van der Waals surface area (Å²) in [5.74, 6) is 0.434. The molecule has 0 spiro atoms. The van der Waals surface area contributed by atoms with E-state index in [0.717, 1.165) is 18.4 Å². The molecule has 1 atom stereocenters. The summed E-state index contributed by atoms with van der Waals surface area (Å²) in [5.41, 5.74) is 1.05. The van der Waals surface area contributed by atoms with Crippen LogP contribution in [-0.4, -0.2) is 58.2 Å². The van der Waals surface area contributed by atoms with Gasteiger partial charge in [-0.25, -0.2) is 4.98 Å². The van der Waals surface area contributed by atoms with E-state index in [1.807, 2.05) is 28.9 Å². The first-order valence-electron chi connectivity index (χ1n) is 10.8. The van der Waals surface area contributed by atoms with Crippen LogP contribution in [0.2, 0.25) is 0 Å². The number of carbonyl (C=O) groups is 3. The van der Waals surface area contributed by atoms with Gasteiger partial charge in [-0.15, -0.1) is 0 Å². The fourth-order valence-electron chi connectivity index (χ4n) is 4.92. The highest BCUT2D eigenvalue weighted by Crippen LogP contribution is 2.31. The van der Waals surface area contributed by atoms with E-state index in [1.165, 1.54) is 12.8 Å². The first-order chi connectivity index (χ1) is 14.0. The van der Waals surface area contributed by atoms with Gasteiger partial charge in [-0.05, 0) is 50.3 Å². The fraction of sp³-hybridized carbons (Fsp3) is 0.636. The zero-order valence-electron chi connectivity index (χ0n) is 17.1. The number of aryl methyl sites for hydroxylation is 1. The highest BCUT2D eigenvalue weighted by molar-refractivity contribution is 5.92. The molecule has 7 heteroatoms. The Morgan fingerprint density at radius 2 is 1.83 bits per heavy atom. The van der Waals surface area contributed by atoms with Gasteiger partial charge in [0, 0.05) is 44.2 Å². The van der Waals surface area contributed by atoms with Crippen LogP contribution in [0.4, 0.5) is 5.82 Å². The molecule has 0 aromatic carbocycles. The summed E-state index contributed by atoms with van der Waals surface area (Å²) in [6.45, 7) is 3.68. The van der Waals surface area contributed by atoms with Crippen LogP contribution in [0.1, 0.15) is 50.5 Å². The van der Waals surface area contributed by atoms with Crippen molar-refractivity contribution in [1.29, 1.82) is 0 Å². The number of rotatable bonds is 4. The van der Waals surface area contributed by atoms with Crippen molar-refractivity contribution in [2.45, 2.75) is 57.9 Å². The van der Waals surface area contributed by atoms with E-state index in [1.54, 1.807) is 6.20 Å². The van der Waals surface area contributed by atoms with Gasteiger partial charge in [0.1, 0.15) is 5.82 Å². The maximum atomic E-state index is 12.9. The van der Waals surface area contributed by atoms with Crippen molar-refractivity contribution in [2.75, 3.05) is 25.0 Å². The second kappa shape index (κ2) is 8.51. The molecule has 2 saturated heterocycles. The van der Waals surface area contributed by atoms with Crippen LogP contribution >= 0.6 is 0 Å². The van der Waals surface area contributed by atoms with Gasteiger partial charge < -0.3 is 15.1 Å². The van der Waals surface area contributed by atoms with Crippen LogP contribution in [0.15, 0.2) is 18.3 Å². The maximum Gasteiger partial charge on any atom is 0.228 e. The molecular formula is C22H30N4O3. The fourth-order valence-corrected chi connectivity index (χ4v) is 4.92. The second-order valence-corrected chi connectivity index (χ2v) is 8.69. The van der Waals surface area contributed by atoms with E-state index in [4.69, 9.17) is 0 Å². The van der Waals surface area contributed by atoms with Crippen molar-refractivity contribution < 1.29 is 14.4 Å². The molecule has 1 aromatic heterocycles. The third kappa shape index (κ3) is 4.43. The monoisotopic (exact) mass is 398 g/mol. The normalized spacial score (nSPS) is 23.6. The molecule has 1 aliphatic carbocycles. The molecule has 3 aliphatic rings. The summed E-state index contributed by atoms with van der Waals surface area (Å²) >= 11 is 0. The first kappa shape index (κ1) is 19.9. The topological polar surface area (TPSA) is 82.6 Å². The van der Waals surface area contributed by atoms with Crippen LogP contribution < -0.4 is 5.32 Å². The highest BCUT2D eigenvalue weighted by atomic mass is 16.2. The number of aromatic nitrogens is 1. The Balaban J connectivity index is 1.27. The molecule has 1 N–H and O–H groups in total. The minimum absolute atomic E-state index is 0.0290. The summed E-state index contributed by atoms with van der Waals surface area (Å²) < 4.78 is 0. The summed E-state index contributed by atoms with van der Waals surface area (Å²) in [4.78, 5) is 45.9.